The summed E-state index contributed by atoms with van der Waals surface area (Å²) < 4.78 is 2.17. The molecule has 0 fully saturated rings. The van der Waals surface area contributed by atoms with Crippen LogP contribution in [0.15, 0.2) is 83.9 Å². The number of para-hydroxylation sites is 2. The number of nitrogens with one attached hydrogen (secondary N) is 1. The van der Waals surface area contributed by atoms with Crippen LogP contribution in [-0.2, 0) is 0 Å². The number of halogens is 2. The number of nitrogens with zero attached hydrogens (tertiary/aromatic N) is 3. The number of rotatable bonds is 4. The summed E-state index contributed by atoms with van der Waals surface area (Å²) in [6.45, 7) is 4.07. The van der Waals surface area contributed by atoms with Crippen LogP contribution in [0.25, 0.3) is 28.1 Å². The van der Waals surface area contributed by atoms with Crippen molar-refractivity contribution in [2.24, 2.45) is 4.99 Å². The SMILES string of the molecule is CC(C)N=c1cc2n(-c3ccc(Cl)cc3)c3ccccc3nc-2cc1Nc1ccc(Cl)c(O)c1. The summed E-state index contributed by atoms with van der Waals surface area (Å²) in [7, 11) is 0. The minimum Gasteiger partial charge on any atom is -0.506 e. The van der Waals surface area contributed by atoms with Crippen LogP contribution in [0.1, 0.15) is 13.8 Å². The van der Waals surface area contributed by atoms with E-state index >= 15 is 0 Å². The number of anilines is 2. The summed E-state index contributed by atoms with van der Waals surface area (Å²) in [5.74, 6) is 0.0134. The van der Waals surface area contributed by atoms with Crippen molar-refractivity contribution in [1.82, 2.24) is 9.55 Å². The van der Waals surface area contributed by atoms with Gasteiger partial charge in [0, 0.05) is 28.5 Å². The second-order valence-electron chi connectivity index (χ2n) is 8.28. The van der Waals surface area contributed by atoms with Gasteiger partial charge in [-0.3, -0.25) is 4.99 Å². The highest BCUT2D eigenvalue weighted by Crippen LogP contribution is 2.32. The fourth-order valence-electron chi connectivity index (χ4n) is 3.94. The molecule has 0 aromatic heterocycles. The number of phenolic OH excluding ortho intramolecular Hbond substituents is 1. The van der Waals surface area contributed by atoms with Crippen LogP contribution in [0.5, 0.6) is 5.75 Å². The Morgan fingerprint density at radius 3 is 2.44 bits per heavy atom. The van der Waals surface area contributed by atoms with E-state index in [-0.39, 0.29) is 11.8 Å². The molecule has 1 heterocycles. The minimum atomic E-state index is 0.0134. The highest BCUT2D eigenvalue weighted by Gasteiger charge is 2.17. The summed E-state index contributed by atoms with van der Waals surface area (Å²) in [5.41, 5.74) is 6.04. The van der Waals surface area contributed by atoms with Gasteiger partial charge in [-0.15, -0.1) is 0 Å². The molecule has 5 nitrogen and oxygen atoms in total. The second-order valence-corrected chi connectivity index (χ2v) is 9.13. The molecule has 0 saturated heterocycles. The minimum absolute atomic E-state index is 0.0134. The van der Waals surface area contributed by atoms with E-state index < -0.39 is 0 Å². The number of hydrogen-bond donors (Lipinski definition) is 2. The Balaban J connectivity index is 1.80. The van der Waals surface area contributed by atoms with Crippen molar-refractivity contribution in [2.75, 3.05) is 5.32 Å². The lowest BCUT2D eigenvalue weighted by atomic mass is 10.1. The average Bonchev–Trinajstić information content (AvgIpc) is 2.81. The first-order valence-corrected chi connectivity index (χ1v) is 11.7. The van der Waals surface area contributed by atoms with E-state index in [0.29, 0.717) is 15.7 Å². The molecule has 0 amide bonds. The van der Waals surface area contributed by atoms with Gasteiger partial charge >= 0.3 is 0 Å². The van der Waals surface area contributed by atoms with Gasteiger partial charge in [-0.1, -0.05) is 35.3 Å². The highest BCUT2D eigenvalue weighted by molar-refractivity contribution is 6.32. The second kappa shape index (κ2) is 9.01. The zero-order chi connectivity index (χ0) is 23.8. The van der Waals surface area contributed by atoms with E-state index in [9.17, 15) is 5.11 Å². The number of fused-ring (bicyclic) bond motifs is 2. The first kappa shape index (κ1) is 22.3. The predicted octanol–water partition coefficient (Wildman–Crippen LogP) is 7.20. The van der Waals surface area contributed by atoms with Crippen molar-refractivity contribution in [3.05, 3.63) is 94.3 Å². The molecule has 5 rings (SSSR count). The smallest absolute Gasteiger partial charge is 0.136 e. The Hall–Kier alpha value is -3.54. The maximum Gasteiger partial charge on any atom is 0.136 e. The lowest BCUT2D eigenvalue weighted by Gasteiger charge is -2.20. The summed E-state index contributed by atoms with van der Waals surface area (Å²) in [6, 6.07) is 25.0. The standard InChI is InChI=1S/C27H22Cl2N4O/c1-16(2)30-23-15-26-24(14-22(23)31-18-9-12-20(29)27(34)13-18)32-21-5-3-4-6-25(21)33(26)19-10-7-17(28)8-11-19/h3-16,31,34H,1-2H3. The molecule has 34 heavy (non-hydrogen) atoms. The third-order valence-corrected chi connectivity index (χ3v) is 5.98. The zero-order valence-corrected chi connectivity index (χ0v) is 20.1. The third kappa shape index (κ3) is 4.32. The van der Waals surface area contributed by atoms with Gasteiger partial charge in [0.05, 0.1) is 38.5 Å². The van der Waals surface area contributed by atoms with Gasteiger partial charge in [0.2, 0.25) is 0 Å². The number of phenols is 1. The highest BCUT2D eigenvalue weighted by atomic mass is 35.5. The molecule has 0 unspecified atom stereocenters. The molecular weight excluding hydrogens is 467 g/mol. The Labute approximate surface area is 207 Å². The van der Waals surface area contributed by atoms with E-state index in [1.54, 1.807) is 12.1 Å². The maximum absolute atomic E-state index is 10.0. The van der Waals surface area contributed by atoms with Gasteiger partial charge in [0.25, 0.3) is 0 Å². The summed E-state index contributed by atoms with van der Waals surface area (Å²) >= 11 is 12.2. The first-order valence-electron chi connectivity index (χ1n) is 10.9. The van der Waals surface area contributed by atoms with Gasteiger partial charge < -0.3 is 15.0 Å². The van der Waals surface area contributed by atoms with E-state index in [4.69, 9.17) is 33.2 Å². The number of hydrogen-bond acceptors (Lipinski definition) is 4. The Morgan fingerprint density at radius 2 is 1.71 bits per heavy atom. The van der Waals surface area contributed by atoms with E-state index in [1.807, 2.05) is 74.5 Å². The van der Waals surface area contributed by atoms with Crippen LogP contribution in [0.2, 0.25) is 10.0 Å². The van der Waals surface area contributed by atoms with Crippen LogP contribution in [-0.4, -0.2) is 20.7 Å². The maximum atomic E-state index is 10.0. The molecule has 3 aromatic rings. The number of aromatic hydroxyl groups is 1. The normalized spacial score (nSPS) is 12.1. The van der Waals surface area contributed by atoms with Crippen LogP contribution in [0.4, 0.5) is 11.4 Å². The number of aromatic nitrogens is 2. The third-order valence-electron chi connectivity index (χ3n) is 5.40. The number of benzene rings is 4. The molecule has 1 aliphatic carbocycles. The molecule has 2 N–H and O–H groups in total. The van der Waals surface area contributed by atoms with E-state index in [0.717, 1.165) is 39.2 Å². The van der Waals surface area contributed by atoms with E-state index in [1.165, 1.54) is 0 Å². The molecule has 170 valence electrons. The quantitative estimate of drug-likeness (QED) is 0.263. The van der Waals surface area contributed by atoms with Gasteiger partial charge in [-0.2, -0.15) is 0 Å². The van der Waals surface area contributed by atoms with Crippen LogP contribution < -0.4 is 10.7 Å². The van der Waals surface area contributed by atoms with Crippen molar-refractivity contribution in [1.29, 1.82) is 0 Å². The molecule has 0 atom stereocenters. The van der Waals surface area contributed by atoms with Crippen molar-refractivity contribution in [3.63, 3.8) is 0 Å². The zero-order valence-electron chi connectivity index (χ0n) is 18.6. The fourth-order valence-corrected chi connectivity index (χ4v) is 4.18. The largest absolute Gasteiger partial charge is 0.506 e. The van der Waals surface area contributed by atoms with Crippen LogP contribution in [0.3, 0.4) is 0 Å². The van der Waals surface area contributed by atoms with E-state index in [2.05, 4.69) is 16.0 Å². The summed E-state index contributed by atoms with van der Waals surface area (Å²) in [5, 5.41) is 15.2. The lowest BCUT2D eigenvalue weighted by molar-refractivity contribution is 0.476. The Bertz CT molecular complexity index is 1540. The van der Waals surface area contributed by atoms with Crippen molar-refractivity contribution >= 4 is 45.6 Å². The molecule has 3 aromatic carbocycles. The van der Waals surface area contributed by atoms with Gasteiger partial charge in [0.1, 0.15) is 5.75 Å². The van der Waals surface area contributed by atoms with Gasteiger partial charge in [-0.05, 0) is 74.5 Å². The van der Waals surface area contributed by atoms with Crippen molar-refractivity contribution in [2.45, 2.75) is 19.9 Å². The molecular formula is C27H22Cl2N4O. The van der Waals surface area contributed by atoms with Gasteiger partial charge in [0.15, 0.2) is 0 Å². The molecule has 7 heteroatoms. The first-order chi connectivity index (χ1) is 16.4. The topological polar surface area (TPSA) is 62.4 Å². The predicted molar refractivity (Wildman–Crippen MR) is 140 cm³/mol. The molecule has 0 spiro atoms. The summed E-state index contributed by atoms with van der Waals surface area (Å²) in [4.78, 5) is 9.80. The molecule has 1 aliphatic heterocycles. The van der Waals surface area contributed by atoms with Crippen molar-refractivity contribution < 1.29 is 5.11 Å². The summed E-state index contributed by atoms with van der Waals surface area (Å²) in [6.07, 6.45) is 0. The molecule has 2 aliphatic rings. The average molecular weight is 489 g/mol. The Kier molecular flexibility index (Phi) is 5.90. The lowest BCUT2D eigenvalue weighted by Crippen LogP contribution is -2.16. The fraction of sp³-hybridized carbons (Fsp3) is 0.111. The van der Waals surface area contributed by atoms with Crippen LogP contribution in [0, 0.1) is 0 Å². The Morgan fingerprint density at radius 1 is 0.941 bits per heavy atom. The monoisotopic (exact) mass is 488 g/mol. The molecule has 0 radical (unpaired) electrons. The molecule has 0 bridgehead atoms. The van der Waals surface area contributed by atoms with Crippen LogP contribution >= 0.6 is 23.2 Å². The van der Waals surface area contributed by atoms with Crippen molar-refractivity contribution in [3.8, 4) is 22.8 Å². The van der Waals surface area contributed by atoms with Gasteiger partial charge in [-0.25, -0.2) is 4.98 Å². The molecule has 0 saturated carbocycles.